The summed E-state index contributed by atoms with van der Waals surface area (Å²) in [5, 5.41) is 18.4. The highest BCUT2D eigenvalue weighted by molar-refractivity contribution is 7.89. The Morgan fingerprint density at radius 2 is 2.00 bits per heavy atom. The lowest BCUT2D eigenvalue weighted by atomic mass is 10.1. The first-order chi connectivity index (χ1) is 9.63. The van der Waals surface area contributed by atoms with Crippen LogP contribution in [0.2, 0.25) is 0 Å². The van der Waals surface area contributed by atoms with Crippen LogP contribution in [0.15, 0.2) is 23.1 Å². The van der Waals surface area contributed by atoms with Gasteiger partial charge >= 0.3 is 5.97 Å². The molecule has 0 spiro atoms. The van der Waals surface area contributed by atoms with Gasteiger partial charge in [-0.3, -0.25) is 0 Å². The second kappa shape index (κ2) is 6.97. The summed E-state index contributed by atoms with van der Waals surface area (Å²) in [6, 6.07) is 2.50. The van der Waals surface area contributed by atoms with E-state index >= 15 is 0 Å². The molecular weight excluding hydrogens is 301 g/mol. The molecule has 1 unspecified atom stereocenters. The normalized spacial score (nSPS) is 13.4. The molecule has 0 saturated carbocycles. The fraction of sp³-hybridized carbons (Fsp3) is 0.462. The van der Waals surface area contributed by atoms with E-state index in [-0.39, 0.29) is 18.0 Å². The van der Waals surface area contributed by atoms with Crippen LogP contribution in [0.5, 0.6) is 0 Å². The van der Waals surface area contributed by atoms with E-state index in [0.29, 0.717) is 6.42 Å². The van der Waals surface area contributed by atoms with Crippen molar-refractivity contribution in [3.8, 4) is 0 Å². The lowest BCUT2D eigenvalue weighted by Crippen LogP contribution is -2.33. The average molecular weight is 319 g/mol. The van der Waals surface area contributed by atoms with E-state index in [0.717, 1.165) is 18.2 Å². The summed E-state index contributed by atoms with van der Waals surface area (Å²) in [5.41, 5.74) is -0.334. The summed E-state index contributed by atoms with van der Waals surface area (Å²) in [5.74, 6) is -2.23. The molecule has 0 aromatic heterocycles. The van der Waals surface area contributed by atoms with E-state index in [2.05, 4.69) is 4.72 Å². The summed E-state index contributed by atoms with van der Waals surface area (Å²) in [7, 11) is -4.23. The zero-order valence-electron chi connectivity index (χ0n) is 11.7. The van der Waals surface area contributed by atoms with E-state index in [9.17, 15) is 22.7 Å². The minimum Gasteiger partial charge on any atom is -0.478 e. The number of aromatic carboxylic acids is 1. The van der Waals surface area contributed by atoms with Gasteiger partial charge in [-0.1, -0.05) is 13.8 Å². The summed E-state index contributed by atoms with van der Waals surface area (Å²) in [4.78, 5) is 10.1. The van der Waals surface area contributed by atoms with Crippen LogP contribution in [-0.2, 0) is 10.0 Å². The Balaban J connectivity index is 2.92. The number of nitrogens with one attached hydrogen (secondary N) is 1. The van der Waals surface area contributed by atoms with Crippen LogP contribution in [0.1, 0.15) is 30.6 Å². The van der Waals surface area contributed by atoms with Crippen molar-refractivity contribution in [1.82, 2.24) is 4.72 Å². The minimum absolute atomic E-state index is 0.177. The second-order valence-corrected chi connectivity index (χ2v) is 6.82. The molecule has 0 aliphatic rings. The third-order valence-corrected chi connectivity index (χ3v) is 4.16. The molecule has 3 N–H and O–H groups in total. The number of benzene rings is 1. The van der Waals surface area contributed by atoms with Gasteiger partial charge in [-0.05, 0) is 30.5 Å². The minimum atomic E-state index is -4.23. The van der Waals surface area contributed by atoms with E-state index < -0.39 is 32.8 Å². The molecule has 1 aromatic carbocycles. The van der Waals surface area contributed by atoms with Crippen molar-refractivity contribution in [3.63, 3.8) is 0 Å². The molecule has 0 saturated heterocycles. The van der Waals surface area contributed by atoms with E-state index in [1.807, 2.05) is 13.8 Å². The number of halogens is 1. The van der Waals surface area contributed by atoms with Gasteiger partial charge in [0.1, 0.15) is 10.7 Å². The second-order valence-electron chi connectivity index (χ2n) is 5.09. The molecule has 0 aliphatic carbocycles. The van der Waals surface area contributed by atoms with Crippen molar-refractivity contribution < 1.29 is 27.8 Å². The maximum Gasteiger partial charge on any atom is 0.335 e. The van der Waals surface area contributed by atoms with Gasteiger partial charge in [0.25, 0.3) is 0 Å². The van der Waals surface area contributed by atoms with Crippen molar-refractivity contribution in [2.45, 2.75) is 31.3 Å². The fourth-order valence-electron chi connectivity index (χ4n) is 1.75. The molecule has 0 bridgehead atoms. The topological polar surface area (TPSA) is 104 Å². The van der Waals surface area contributed by atoms with Crippen LogP contribution in [0, 0.1) is 11.7 Å². The molecule has 1 aromatic rings. The van der Waals surface area contributed by atoms with Crippen LogP contribution in [-0.4, -0.2) is 37.2 Å². The Hall–Kier alpha value is -1.51. The maximum atomic E-state index is 13.6. The monoisotopic (exact) mass is 319 g/mol. The average Bonchev–Trinajstić information content (AvgIpc) is 2.35. The molecule has 21 heavy (non-hydrogen) atoms. The smallest absolute Gasteiger partial charge is 0.335 e. The zero-order valence-corrected chi connectivity index (χ0v) is 12.5. The van der Waals surface area contributed by atoms with Crippen LogP contribution < -0.4 is 4.72 Å². The Morgan fingerprint density at radius 3 is 2.52 bits per heavy atom. The molecule has 0 heterocycles. The Morgan fingerprint density at radius 1 is 1.38 bits per heavy atom. The van der Waals surface area contributed by atoms with E-state index in [1.54, 1.807) is 0 Å². The number of aliphatic hydroxyl groups is 1. The Labute approximate surface area is 122 Å². The van der Waals surface area contributed by atoms with Gasteiger partial charge in [-0.25, -0.2) is 22.3 Å². The van der Waals surface area contributed by atoms with Crippen LogP contribution in [0.25, 0.3) is 0 Å². The van der Waals surface area contributed by atoms with Crippen molar-refractivity contribution in [3.05, 3.63) is 29.6 Å². The highest BCUT2D eigenvalue weighted by Gasteiger charge is 2.22. The van der Waals surface area contributed by atoms with Crippen LogP contribution in [0.3, 0.4) is 0 Å². The molecule has 0 aliphatic heterocycles. The summed E-state index contributed by atoms with van der Waals surface area (Å²) in [6.45, 7) is 3.47. The summed E-state index contributed by atoms with van der Waals surface area (Å²) >= 11 is 0. The molecule has 0 radical (unpaired) electrons. The first kappa shape index (κ1) is 17.5. The standard InChI is InChI=1S/C13H18FNO5S/c1-8(2)5-10(16)7-15-21(19,20)12-6-9(13(17)18)3-4-11(12)14/h3-4,6,8,10,15-16H,5,7H2,1-2H3,(H,17,18). The van der Waals surface area contributed by atoms with Crippen molar-refractivity contribution in [2.75, 3.05) is 6.54 Å². The lowest BCUT2D eigenvalue weighted by Gasteiger charge is -2.14. The molecule has 0 fully saturated rings. The quantitative estimate of drug-likeness (QED) is 0.701. The molecule has 0 amide bonds. The molecule has 118 valence electrons. The molecule has 6 nitrogen and oxygen atoms in total. The predicted molar refractivity (Wildman–Crippen MR) is 74.0 cm³/mol. The Bertz CT molecular complexity index is 615. The van der Waals surface area contributed by atoms with Crippen LogP contribution in [0.4, 0.5) is 4.39 Å². The molecule has 8 heteroatoms. The largest absolute Gasteiger partial charge is 0.478 e. The highest BCUT2D eigenvalue weighted by Crippen LogP contribution is 2.16. The van der Waals surface area contributed by atoms with Gasteiger partial charge in [0.15, 0.2) is 0 Å². The SMILES string of the molecule is CC(C)CC(O)CNS(=O)(=O)c1cc(C(=O)O)ccc1F. The number of carboxylic acid groups (broad SMARTS) is 1. The number of rotatable bonds is 7. The lowest BCUT2D eigenvalue weighted by molar-refractivity contribution is 0.0696. The van der Waals surface area contributed by atoms with Crippen molar-refractivity contribution >= 4 is 16.0 Å². The first-order valence-electron chi connectivity index (χ1n) is 6.34. The van der Waals surface area contributed by atoms with Gasteiger partial charge in [0.2, 0.25) is 10.0 Å². The van der Waals surface area contributed by atoms with E-state index in [4.69, 9.17) is 5.11 Å². The number of hydrogen-bond acceptors (Lipinski definition) is 4. The van der Waals surface area contributed by atoms with Gasteiger partial charge in [-0.15, -0.1) is 0 Å². The molecule has 1 atom stereocenters. The van der Waals surface area contributed by atoms with E-state index in [1.165, 1.54) is 0 Å². The molecular formula is C13H18FNO5S. The van der Waals surface area contributed by atoms with Gasteiger partial charge in [0.05, 0.1) is 11.7 Å². The maximum absolute atomic E-state index is 13.6. The molecule has 1 rings (SSSR count). The van der Waals surface area contributed by atoms with Gasteiger partial charge in [0, 0.05) is 6.54 Å². The van der Waals surface area contributed by atoms with Gasteiger partial charge < -0.3 is 10.2 Å². The fourth-order valence-corrected chi connectivity index (χ4v) is 2.93. The third kappa shape index (κ3) is 5.07. The Kier molecular flexibility index (Phi) is 5.82. The number of aliphatic hydroxyl groups excluding tert-OH is 1. The predicted octanol–water partition coefficient (Wildman–Crippen LogP) is 1.21. The summed E-state index contributed by atoms with van der Waals surface area (Å²) in [6.07, 6.45) is -0.509. The van der Waals surface area contributed by atoms with Crippen molar-refractivity contribution in [1.29, 1.82) is 0 Å². The van der Waals surface area contributed by atoms with Gasteiger partial charge in [-0.2, -0.15) is 0 Å². The first-order valence-corrected chi connectivity index (χ1v) is 7.82. The van der Waals surface area contributed by atoms with Crippen LogP contribution >= 0.6 is 0 Å². The summed E-state index contributed by atoms with van der Waals surface area (Å²) < 4.78 is 39.6. The van der Waals surface area contributed by atoms with Crippen molar-refractivity contribution in [2.24, 2.45) is 5.92 Å². The number of sulfonamides is 1. The third-order valence-electron chi connectivity index (χ3n) is 2.72. The highest BCUT2D eigenvalue weighted by atomic mass is 32.2. The zero-order chi connectivity index (χ0) is 16.2. The number of carbonyl (C=O) groups is 1. The number of carboxylic acids is 1. The number of hydrogen-bond donors (Lipinski definition) is 3.